The molecule has 4 heteroatoms. The molecule has 20 heavy (non-hydrogen) atoms. The van der Waals surface area contributed by atoms with Gasteiger partial charge >= 0.3 is 0 Å². The van der Waals surface area contributed by atoms with Crippen LogP contribution in [0.2, 0.25) is 5.02 Å². The lowest BCUT2D eigenvalue weighted by Gasteiger charge is -2.15. The molecule has 1 heterocycles. The molecule has 1 atom stereocenters. The molecule has 0 N–H and O–H groups in total. The van der Waals surface area contributed by atoms with E-state index in [1.165, 1.54) is 0 Å². The molecule has 0 fully saturated rings. The van der Waals surface area contributed by atoms with Crippen molar-refractivity contribution >= 4 is 27.5 Å². The molecule has 2 aromatic rings. The summed E-state index contributed by atoms with van der Waals surface area (Å²) in [7, 11) is 4.01. The van der Waals surface area contributed by atoms with Crippen molar-refractivity contribution in [2.75, 3.05) is 14.1 Å². The summed E-state index contributed by atoms with van der Waals surface area (Å²) in [6.45, 7) is 0. The van der Waals surface area contributed by atoms with Gasteiger partial charge in [-0.15, -0.1) is 0 Å². The van der Waals surface area contributed by atoms with Crippen LogP contribution in [0.15, 0.2) is 59.3 Å². The van der Waals surface area contributed by atoms with Crippen LogP contribution in [0, 0.1) is 0 Å². The van der Waals surface area contributed by atoms with Gasteiger partial charge in [-0.1, -0.05) is 35.9 Å². The summed E-state index contributed by atoms with van der Waals surface area (Å²) < 4.78 is 0.840. The number of benzene rings is 1. The summed E-state index contributed by atoms with van der Waals surface area (Å²) in [5, 5.41) is 0.742. The number of allylic oxidation sites excluding steroid dienone is 1. The molecule has 0 aliphatic carbocycles. The standard InChI is InChI=1S/C16H16BrClN2/c1-20(2)11-10-14(12-6-8-13(18)9-7-12)15-4-3-5-16(17)19-15/h3-11,14H,1-2H3/b11-10+. The molecule has 2 nitrogen and oxygen atoms in total. The van der Waals surface area contributed by atoms with Gasteiger partial charge in [-0.2, -0.15) is 0 Å². The zero-order chi connectivity index (χ0) is 14.5. The van der Waals surface area contributed by atoms with E-state index >= 15 is 0 Å². The van der Waals surface area contributed by atoms with Crippen LogP contribution in [0.5, 0.6) is 0 Å². The molecule has 0 radical (unpaired) electrons. The number of pyridine rings is 1. The number of nitrogens with zero attached hydrogens (tertiary/aromatic N) is 2. The third-order valence-electron chi connectivity index (χ3n) is 2.86. The fourth-order valence-electron chi connectivity index (χ4n) is 1.91. The zero-order valence-corrected chi connectivity index (χ0v) is 13.8. The molecule has 104 valence electrons. The summed E-state index contributed by atoms with van der Waals surface area (Å²) >= 11 is 9.39. The summed E-state index contributed by atoms with van der Waals surface area (Å²) in [6, 6.07) is 13.9. The predicted octanol–water partition coefficient (Wildman–Crippen LogP) is 4.70. The number of rotatable bonds is 4. The Hall–Kier alpha value is -1.32. The molecule has 0 bridgehead atoms. The highest BCUT2D eigenvalue weighted by Gasteiger charge is 2.13. The lowest BCUT2D eigenvalue weighted by molar-refractivity contribution is 0.560. The summed E-state index contributed by atoms with van der Waals surface area (Å²) in [6.07, 6.45) is 4.18. The fourth-order valence-corrected chi connectivity index (χ4v) is 2.39. The molecule has 0 aliphatic heterocycles. The van der Waals surface area contributed by atoms with Crippen molar-refractivity contribution < 1.29 is 0 Å². The topological polar surface area (TPSA) is 16.1 Å². The highest BCUT2D eigenvalue weighted by Crippen LogP contribution is 2.27. The third-order valence-corrected chi connectivity index (χ3v) is 3.55. The fraction of sp³-hybridized carbons (Fsp3) is 0.188. The Labute approximate surface area is 133 Å². The van der Waals surface area contributed by atoms with E-state index in [1.807, 2.05) is 67.7 Å². The van der Waals surface area contributed by atoms with Crippen molar-refractivity contribution in [1.82, 2.24) is 9.88 Å². The second kappa shape index (κ2) is 6.91. The molecular weight excluding hydrogens is 336 g/mol. The van der Waals surface area contributed by atoms with Gasteiger partial charge in [0.15, 0.2) is 0 Å². The Morgan fingerprint density at radius 2 is 1.85 bits per heavy atom. The minimum atomic E-state index is 0.104. The van der Waals surface area contributed by atoms with Gasteiger partial charge < -0.3 is 4.90 Å². The second-order valence-electron chi connectivity index (χ2n) is 4.72. The second-order valence-corrected chi connectivity index (χ2v) is 5.97. The summed E-state index contributed by atoms with van der Waals surface area (Å²) in [5.41, 5.74) is 2.16. The van der Waals surface area contributed by atoms with Crippen LogP contribution in [0.1, 0.15) is 17.2 Å². The first kappa shape index (κ1) is 15.1. The smallest absolute Gasteiger partial charge is 0.106 e. The van der Waals surface area contributed by atoms with E-state index in [0.29, 0.717) is 0 Å². The SMILES string of the molecule is CN(C)/C=C/C(c1ccc(Cl)cc1)c1cccc(Br)n1. The molecule has 0 spiro atoms. The molecule has 1 unspecified atom stereocenters. The van der Waals surface area contributed by atoms with Crippen molar-refractivity contribution in [2.45, 2.75) is 5.92 Å². The first-order chi connectivity index (χ1) is 9.56. The molecule has 1 aromatic carbocycles. The Morgan fingerprint density at radius 3 is 2.45 bits per heavy atom. The average molecular weight is 352 g/mol. The predicted molar refractivity (Wildman–Crippen MR) is 88.1 cm³/mol. The Morgan fingerprint density at radius 1 is 1.15 bits per heavy atom. The maximum absolute atomic E-state index is 5.97. The van der Waals surface area contributed by atoms with Gasteiger partial charge in [0, 0.05) is 25.0 Å². The highest BCUT2D eigenvalue weighted by atomic mass is 79.9. The maximum Gasteiger partial charge on any atom is 0.106 e. The largest absolute Gasteiger partial charge is 0.384 e. The third kappa shape index (κ3) is 4.09. The molecule has 2 rings (SSSR count). The van der Waals surface area contributed by atoms with Gasteiger partial charge in [-0.25, -0.2) is 4.98 Å². The van der Waals surface area contributed by atoms with Gasteiger partial charge in [0.05, 0.1) is 5.69 Å². The minimum Gasteiger partial charge on any atom is -0.384 e. The van der Waals surface area contributed by atoms with Crippen molar-refractivity contribution in [3.63, 3.8) is 0 Å². The van der Waals surface area contributed by atoms with Gasteiger partial charge in [-0.3, -0.25) is 0 Å². The molecular formula is C16H16BrClN2. The van der Waals surface area contributed by atoms with Crippen LogP contribution in [0.4, 0.5) is 0 Å². The van der Waals surface area contributed by atoms with E-state index in [-0.39, 0.29) is 5.92 Å². The number of aromatic nitrogens is 1. The Kier molecular flexibility index (Phi) is 5.21. The number of hydrogen-bond acceptors (Lipinski definition) is 2. The Bertz CT molecular complexity index is 594. The van der Waals surface area contributed by atoms with Crippen molar-refractivity contribution in [3.05, 3.63) is 75.6 Å². The molecule has 0 aliphatic rings. The first-order valence-corrected chi connectivity index (χ1v) is 7.46. The van der Waals surface area contributed by atoms with Crippen LogP contribution < -0.4 is 0 Å². The van der Waals surface area contributed by atoms with E-state index in [4.69, 9.17) is 11.6 Å². The highest BCUT2D eigenvalue weighted by molar-refractivity contribution is 9.10. The summed E-state index contributed by atoms with van der Waals surface area (Å²) in [4.78, 5) is 6.58. The van der Waals surface area contributed by atoms with Gasteiger partial charge in [0.2, 0.25) is 0 Å². The lowest BCUT2D eigenvalue weighted by atomic mass is 9.95. The lowest BCUT2D eigenvalue weighted by Crippen LogP contribution is -2.05. The van der Waals surface area contributed by atoms with Gasteiger partial charge in [0.1, 0.15) is 4.60 Å². The summed E-state index contributed by atoms with van der Waals surface area (Å²) in [5.74, 6) is 0.104. The number of halogens is 2. The molecule has 0 saturated carbocycles. The molecule has 0 saturated heterocycles. The quantitative estimate of drug-likeness (QED) is 0.742. The van der Waals surface area contributed by atoms with Crippen LogP contribution >= 0.6 is 27.5 Å². The molecule has 0 amide bonds. The first-order valence-electron chi connectivity index (χ1n) is 6.29. The van der Waals surface area contributed by atoms with E-state index in [9.17, 15) is 0 Å². The molecule has 1 aromatic heterocycles. The van der Waals surface area contributed by atoms with E-state index < -0.39 is 0 Å². The van der Waals surface area contributed by atoms with E-state index in [2.05, 4.69) is 27.0 Å². The minimum absolute atomic E-state index is 0.104. The number of hydrogen-bond donors (Lipinski definition) is 0. The van der Waals surface area contributed by atoms with Crippen molar-refractivity contribution in [3.8, 4) is 0 Å². The van der Waals surface area contributed by atoms with Crippen LogP contribution in [0.25, 0.3) is 0 Å². The van der Waals surface area contributed by atoms with E-state index in [1.54, 1.807) is 0 Å². The Balaban J connectivity index is 2.41. The van der Waals surface area contributed by atoms with Crippen LogP contribution in [-0.2, 0) is 0 Å². The van der Waals surface area contributed by atoms with Crippen molar-refractivity contribution in [1.29, 1.82) is 0 Å². The average Bonchev–Trinajstić information content (AvgIpc) is 2.41. The van der Waals surface area contributed by atoms with Gasteiger partial charge in [-0.05, 0) is 52.0 Å². The maximum atomic E-state index is 5.97. The van der Waals surface area contributed by atoms with Crippen molar-refractivity contribution in [2.24, 2.45) is 0 Å². The zero-order valence-electron chi connectivity index (χ0n) is 11.4. The van der Waals surface area contributed by atoms with E-state index in [0.717, 1.165) is 20.9 Å². The van der Waals surface area contributed by atoms with Crippen LogP contribution in [-0.4, -0.2) is 24.0 Å². The van der Waals surface area contributed by atoms with Gasteiger partial charge in [0.25, 0.3) is 0 Å². The van der Waals surface area contributed by atoms with Crippen LogP contribution in [0.3, 0.4) is 0 Å². The normalized spacial score (nSPS) is 12.6. The monoisotopic (exact) mass is 350 g/mol.